The van der Waals surface area contributed by atoms with Crippen LogP contribution >= 0.6 is 12.2 Å². The number of benzene rings is 1. The molecule has 0 aliphatic carbocycles. The first kappa shape index (κ1) is 24.0. The fourth-order valence-electron chi connectivity index (χ4n) is 3.43. The number of rotatable bonds is 10. The summed E-state index contributed by atoms with van der Waals surface area (Å²) in [5, 5.41) is 3.85. The number of thiocarbonyl (C=S) groups is 1. The van der Waals surface area contributed by atoms with E-state index in [2.05, 4.69) is 24.1 Å². The second-order valence-electron chi connectivity index (χ2n) is 8.05. The zero-order valence-corrected chi connectivity index (χ0v) is 20.3. The lowest BCUT2D eigenvalue weighted by Crippen LogP contribution is -2.39. The molecule has 0 aliphatic rings. The molecule has 0 saturated heterocycles. The van der Waals surface area contributed by atoms with Gasteiger partial charge in [-0.2, -0.15) is 0 Å². The Morgan fingerprint density at radius 2 is 1.94 bits per heavy atom. The van der Waals surface area contributed by atoms with Crippen molar-refractivity contribution in [3.8, 4) is 0 Å². The summed E-state index contributed by atoms with van der Waals surface area (Å²) < 4.78 is 33.8. The van der Waals surface area contributed by atoms with Crippen LogP contribution in [0.25, 0.3) is 0 Å². The van der Waals surface area contributed by atoms with Crippen LogP contribution in [0.3, 0.4) is 0 Å². The quantitative estimate of drug-likeness (QED) is 0.445. The van der Waals surface area contributed by atoms with Gasteiger partial charge < -0.3 is 19.2 Å². The molecule has 0 fully saturated rings. The smallest absolute Gasteiger partial charge is 0.228 e. The van der Waals surface area contributed by atoms with Crippen molar-refractivity contribution in [3.05, 3.63) is 71.9 Å². The molecule has 1 N–H and O–H groups in total. The number of hydrogen-bond donors (Lipinski definition) is 1. The monoisotopic (exact) mass is 474 g/mol. The minimum atomic E-state index is -3.62. The Morgan fingerprint density at radius 3 is 2.56 bits per heavy atom. The first-order valence-electron chi connectivity index (χ1n) is 10.7. The van der Waals surface area contributed by atoms with Crippen LogP contribution in [0.2, 0.25) is 0 Å². The summed E-state index contributed by atoms with van der Waals surface area (Å²) in [7, 11) is -3.62. The minimum absolute atomic E-state index is 0.0890. The molecule has 0 unspecified atom stereocenters. The Balaban J connectivity index is 1.93. The van der Waals surface area contributed by atoms with Crippen molar-refractivity contribution in [3.63, 3.8) is 0 Å². The molecular weight excluding hydrogens is 444 g/mol. The Kier molecular flexibility index (Phi) is 8.09. The summed E-state index contributed by atoms with van der Waals surface area (Å²) in [6, 6.07) is 12.9. The third kappa shape index (κ3) is 6.20. The molecule has 2 aromatic heterocycles. The number of imidazole rings is 1. The van der Waals surface area contributed by atoms with E-state index in [1.807, 2.05) is 58.9 Å². The highest BCUT2D eigenvalue weighted by Gasteiger charge is 2.25. The van der Waals surface area contributed by atoms with Crippen LogP contribution in [0, 0.1) is 5.92 Å². The van der Waals surface area contributed by atoms with Crippen LogP contribution in [0.5, 0.6) is 0 Å². The molecule has 0 aliphatic heterocycles. The van der Waals surface area contributed by atoms with E-state index in [-0.39, 0.29) is 16.8 Å². The second-order valence-corrected chi connectivity index (χ2v) is 10.3. The Labute approximate surface area is 195 Å². The average molecular weight is 475 g/mol. The van der Waals surface area contributed by atoms with Gasteiger partial charge in [0.2, 0.25) is 15.0 Å². The molecule has 3 aromatic rings. The third-order valence-corrected chi connectivity index (χ3v) is 6.82. The van der Waals surface area contributed by atoms with E-state index in [0.29, 0.717) is 31.3 Å². The van der Waals surface area contributed by atoms with Crippen molar-refractivity contribution < 1.29 is 12.8 Å². The summed E-state index contributed by atoms with van der Waals surface area (Å²) >= 11 is 5.57. The van der Waals surface area contributed by atoms with E-state index in [1.54, 1.807) is 12.5 Å². The van der Waals surface area contributed by atoms with Crippen molar-refractivity contribution in [2.75, 3.05) is 6.54 Å². The molecule has 9 heteroatoms. The minimum Gasteiger partial charge on any atom is -0.467 e. The molecule has 32 heavy (non-hydrogen) atoms. The van der Waals surface area contributed by atoms with E-state index in [0.717, 1.165) is 17.0 Å². The molecule has 0 amide bonds. The molecular formula is C23H30N4O3S2. The van der Waals surface area contributed by atoms with Gasteiger partial charge >= 0.3 is 0 Å². The highest BCUT2D eigenvalue weighted by molar-refractivity contribution is 7.90. The van der Waals surface area contributed by atoms with Gasteiger partial charge in [0.1, 0.15) is 5.76 Å². The molecule has 0 saturated carbocycles. The largest absolute Gasteiger partial charge is 0.467 e. The summed E-state index contributed by atoms with van der Waals surface area (Å²) in [6.45, 7) is 8.21. The first-order chi connectivity index (χ1) is 15.3. The molecule has 172 valence electrons. The van der Waals surface area contributed by atoms with Gasteiger partial charge in [0, 0.05) is 13.1 Å². The normalized spacial score (nSPS) is 11.6. The number of aromatic nitrogens is 2. The van der Waals surface area contributed by atoms with Crippen LogP contribution in [0.4, 0.5) is 0 Å². The van der Waals surface area contributed by atoms with Crippen LogP contribution in [-0.2, 0) is 35.2 Å². The van der Waals surface area contributed by atoms with Gasteiger partial charge in [0.25, 0.3) is 0 Å². The number of nitrogens with one attached hydrogen (secondary N) is 1. The van der Waals surface area contributed by atoms with Gasteiger partial charge in [0.15, 0.2) is 5.11 Å². The molecule has 0 radical (unpaired) electrons. The zero-order chi connectivity index (χ0) is 23.1. The summed E-state index contributed by atoms with van der Waals surface area (Å²) in [5.41, 5.74) is 1.53. The fourth-order valence-corrected chi connectivity index (χ4v) is 5.21. The predicted molar refractivity (Wildman–Crippen MR) is 129 cm³/mol. The third-order valence-electron chi connectivity index (χ3n) is 4.82. The molecule has 3 rings (SSSR count). The van der Waals surface area contributed by atoms with Crippen molar-refractivity contribution in [2.45, 2.75) is 51.3 Å². The molecule has 1 aromatic carbocycles. The van der Waals surface area contributed by atoms with E-state index in [9.17, 15) is 8.42 Å². The van der Waals surface area contributed by atoms with Crippen LogP contribution in [-0.4, -0.2) is 34.5 Å². The van der Waals surface area contributed by atoms with E-state index < -0.39 is 9.84 Å². The molecule has 0 atom stereocenters. The Morgan fingerprint density at radius 1 is 1.19 bits per heavy atom. The van der Waals surface area contributed by atoms with Gasteiger partial charge in [-0.15, -0.1) is 0 Å². The maximum atomic E-state index is 13.2. The van der Waals surface area contributed by atoms with Gasteiger partial charge in [-0.3, -0.25) is 0 Å². The first-order valence-corrected chi connectivity index (χ1v) is 12.7. The van der Waals surface area contributed by atoms with Crippen molar-refractivity contribution in [2.24, 2.45) is 5.92 Å². The van der Waals surface area contributed by atoms with Crippen molar-refractivity contribution in [1.29, 1.82) is 0 Å². The Hall–Kier alpha value is -2.65. The zero-order valence-electron chi connectivity index (χ0n) is 18.7. The number of sulfone groups is 1. The molecule has 7 nitrogen and oxygen atoms in total. The van der Waals surface area contributed by atoms with Gasteiger partial charge in [-0.05, 0) is 42.8 Å². The topological polar surface area (TPSA) is 80.4 Å². The summed E-state index contributed by atoms with van der Waals surface area (Å²) in [4.78, 5) is 6.31. The van der Waals surface area contributed by atoms with Crippen molar-refractivity contribution in [1.82, 2.24) is 19.8 Å². The van der Waals surface area contributed by atoms with E-state index in [1.165, 1.54) is 0 Å². The fraction of sp³-hybridized carbons (Fsp3) is 0.391. The SMILES string of the molecule is CCNC(=S)N(Cc1ccco1)Cc1cnc(S(=O)(=O)Cc2ccccc2)n1CC(C)C. The lowest BCUT2D eigenvalue weighted by Gasteiger charge is -2.25. The van der Waals surface area contributed by atoms with Crippen molar-refractivity contribution >= 4 is 27.2 Å². The van der Waals surface area contributed by atoms with Gasteiger partial charge in [-0.1, -0.05) is 44.2 Å². The molecule has 0 spiro atoms. The van der Waals surface area contributed by atoms with E-state index >= 15 is 0 Å². The number of hydrogen-bond acceptors (Lipinski definition) is 5. The standard InChI is InChI=1S/C23H30N4O3S2/c1-4-24-22(31)26(16-21-11-8-12-30-21)15-20-13-25-23(27(20)14-18(2)3)32(28,29)17-19-9-6-5-7-10-19/h5-13,18H,4,14-17H2,1-3H3,(H,24,31). The Bertz CT molecular complexity index is 1110. The van der Waals surface area contributed by atoms with E-state index in [4.69, 9.17) is 16.6 Å². The molecule has 2 heterocycles. The second kappa shape index (κ2) is 10.8. The highest BCUT2D eigenvalue weighted by Crippen LogP contribution is 2.21. The lowest BCUT2D eigenvalue weighted by atomic mass is 10.2. The number of furan rings is 1. The predicted octanol–water partition coefficient (Wildman–Crippen LogP) is 4.00. The van der Waals surface area contributed by atoms with Gasteiger partial charge in [0.05, 0.1) is 37.0 Å². The highest BCUT2D eigenvalue weighted by atomic mass is 32.2. The summed E-state index contributed by atoms with van der Waals surface area (Å²) in [6.07, 6.45) is 3.27. The van der Waals surface area contributed by atoms with Crippen LogP contribution < -0.4 is 5.32 Å². The summed E-state index contributed by atoms with van der Waals surface area (Å²) in [5.74, 6) is 0.930. The number of nitrogens with zero attached hydrogens (tertiary/aromatic N) is 3. The average Bonchev–Trinajstić information content (AvgIpc) is 3.38. The maximum Gasteiger partial charge on any atom is 0.228 e. The lowest BCUT2D eigenvalue weighted by molar-refractivity contribution is 0.337. The van der Waals surface area contributed by atoms with Crippen LogP contribution in [0.1, 0.15) is 37.8 Å². The van der Waals surface area contributed by atoms with Crippen LogP contribution in [0.15, 0.2) is 64.5 Å². The molecule has 0 bridgehead atoms. The van der Waals surface area contributed by atoms with Gasteiger partial charge in [-0.25, -0.2) is 13.4 Å². The maximum absolute atomic E-state index is 13.2.